The Bertz CT molecular complexity index is 674. The molecule has 1 N–H and O–H groups in total. The van der Waals surface area contributed by atoms with E-state index < -0.39 is 0 Å². The fourth-order valence-electron chi connectivity index (χ4n) is 2.80. The van der Waals surface area contributed by atoms with Gasteiger partial charge in [0.1, 0.15) is 5.82 Å². The van der Waals surface area contributed by atoms with E-state index >= 15 is 0 Å². The highest BCUT2D eigenvalue weighted by Gasteiger charge is 2.33. The van der Waals surface area contributed by atoms with Gasteiger partial charge < -0.3 is 14.4 Å². The second-order valence-corrected chi connectivity index (χ2v) is 5.82. The Morgan fingerprint density at radius 1 is 1.35 bits per heavy atom. The Labute approximate surface area is 135 Å². The van der Waals surface area contributed by atoms with Gasteiger partial charge in [-0.3, -0.25) is 5.10 Å². The lowest BCUT2D eigenvalue weighted by atomic mass is 10.0. The normalized spacial score (nSPS) is 20.7. The van der Waals surface area contributed by atoms with Crippen LogP contribution in [0.25, 0.3) is 0 Å². The summed E-state index contributed by atoms with van der Waals surface area (Å²) < 4.78 is 11.1. The number of methoxy groups -OCH3 is 1. The lowest BCUT2D eigenvalue weighted by Crippen LogP contribution is -2.33. The highest BCUT2D eigenvalue weighted by Crippen LogP contribution is 2.30. The van der Waals surface area contributed by atoms with Gasteiger partial charge in [-0.25, -0.2) is 9.97 Å². The number of likely N-dealkylation sites (N-methyl/N-ethyl adjacent to an activating group) is 1. The van der Waals surface area contributed by atoms with Gasteiger partial charge in [0.05, 0.1) is 19.1 Å². The molecule has 124 valence electrons. The Kier molecular flexibility index (Phi) is 4.42. The summed E-state index contributed by atoms with van der Waals surface area (Å²) in [5.74, 6) is 3.02. The Balaban J connectivity index is 1.74. The van der Waals surface area contributed by atoms with Gasteiger partial charge in [-0.1, -0.05) is 0 Å². The summed E-state index contributed by atoms with van der Waals surface area (Å²) in [4.78, 5) is 15.3. The highest BCUT2D eigenvalue weighted by atomic mass is 16.5. The molecule has 8 nitrogen and oxygen atoms in total. The predicted octanol–water partition coefficient (Wildman–Crippen LogP) is 1.23. The Hall–Kier alpha value is -2.22. The number of aromatic amines is 1. The summed E-state index contributed by atoms with van der Waals surface area (Å²) in [5.41, 5.74) is 0.868. The number of H-pyrrole nitrogens is 1. The van der Waals surface area contributed by atoms with Gasteiger partial charge in [-0.2, -0.15) is 10.1 Å². The number of hydrogen-bond donors (Lipinski definition) is 1. The fraction of sp³-hybridized carbons (Fsp3) is 0.600. The lowest BCUT2D eigenvalue weighted by Gasteiger charge is -2.24. The van der Waals surface area contributed by atoms with Gasteiger partial charge in [0.2, 0.25) is 11.8 Å². The molecule has 0 radical (unpaired) electrons. The fourth-order valence-corrected chi connectivity index (χ4v) is 2.80. The number of ether oxygens (including phenoxy) is 2. The first kappa shape index (κ1) is 15.7. The highest BCUT2D eigenvalue weighted by molar-refractivity contribution is 5.33. The predicted molar refractivity (Wildman–Crippen MR) is 84.8 cm³/mol. The van der Waals surface area contributed by atoms with Gasteiger partial charge in [-0.15, -0.1) is 0 Å². The van der Waals surface area contributed by atoms with Crippen molar-refractivity contribution in [3.8, 4) is 5.88 Å². The average molecular weight is 318 g/mol. The summed E-state index contributed by atoms with van der Waals surface area (Å²) in [7, 11) is 3.56. The summed E-state index contributed by atoms with van der Waals surface area (Å²) in [6.45, 7) is 5.22. The number of anilines is 1. The molecular formula is C15H22N6O2. The third-order valence-corrected chi connectivity index (χ3v) is 3.98. The van der Waals surface area contributed by atoms with Crippen molar-refractivity contribution in [2.75, 3.05) is 32.2 Å². The van der Waals surface area contributed by atoms with Crippen molar-refractivity contribution >= 4 is 5.95 Å². The van der Waals surface area contributed by atoms with Gasteiger partial charge in [0.25, 0.3) is 0 Å². The molecule has 2 aromatic rings. The van der Waals surface area contributed by atoms with E-state index in [9.17, 15) is 0 Å². The summed E-state index contributed by atoms with van der Waals surface area (Å²) >= 11 is 0. The summed E-state index contributed by atoms with van der Waals surface area (Å²) in [5, 5.41) is 7.19. The zero-order valence-electron chi connectivity index (χ0n) is 13.9. The van der Waals surface area contributed by atoms with E-state index in [2.05, 4.69) is 25.1 Å². The van der Waals surface area contributed by atoms with Gasteiger partial charge in [0.15, 0.2) is 5.82 Å². The van der Waals surface area contributed by atoms with Crippen LogP contribution in [0.1, 0.15) is 29.7 Å². The van der Waals surface area contributed by atoms with Crippen molar-refractivity contribution in [1.82, 2.24) is 25.1 Å². The summed E-state index contributed by atoms with van der Waals surface area (Å²) in [6, 6.07) is 1.81. The topological polar surface area (TPSA) is 89.0 Å². The monoisotopic (exact) mass is 318 g/mol. The summed E-state index contributed by atoms with van der Waals surface area (Å²) in [6.07, 6.45) is 0.943. The molecule has 0 saturated carbocycles. The number of nitrogens with zero attached hydrogens (tertiary/aromatic N) is 5. The van der Waals surface area contributed by atoms with Gasteiger partial charge in [-0.05, 0) is 20.3 Å². The van der Waals surface area contributed by atoms with E-state index in [1.807, 2.05) is 31.9 Å². The largest absolute Gasteiger partial charge is 0.481 e. The third-order valence-electron chi connectivity index (χ3n) is 3.98. The van der Waals surface area contributed by atoms with Crippen LogP contribution in [0.15, 0.2) is 6.07 Å². The van der Waals surface area contributed by atoms with Crippen LogP contribution in [0.3, 0.4) is 0 Å². The van der Waals surface area contributed by atoms with Crippen LogP contribution in [-0.4, -0.2) is 58.6 Å². The Morgan fingerprint density at radius 2 is 2.17 bits per heavy atom. The molecule has 0 amide bonds. The molecule has 1 fully saturated rings. The van der Waals surface area contributed by atoms with Gasteiger partial charge in [0, 0.05) is 32.0 Å². The number of aryl methyl sites for hydroxylation is 2. The van der Waals surface area contributed by atoms with E-state index in [1.165, 1.54) is 0 Å². The first-order valence-electron chi connectivity index (χ1n) is 7.68. The SMILES string of the molecule is COc1cc(C)nc(N(C)C[C@H]2OCC[C@H]2c2n[nH]c(C)n2)n1. The smallest absolute Gasteiger partial charge is 0.228 e. The molecule has 2 atom stereocenters. The van der Waals surface area contributed by atoms with E-state index in [-0.39, 0.29) is 12.0 Å². The molecule has 2 aromatic heterocycles. The molecule has 0 bridgehead atoms. The Morgan fingerprint density at radius 3 is 2.87 bits per heavy atom. The maximum Gasteiger partial charge on any atom is 0.228 e. The minimum atomic E-state index is 0.0188. The van der Waals surface area contributed by atoms with Crippen molar-refractivity contribution in [2.24, 2.45) is 0 Å². The zero-order chi connectivity index (χ0) is 16.4. The van der Waals surface area contributed by atoms with Crippen LogP contribution in [0, 0.1) is 13.8 Å². The average Bonchev–Trinajstić information content (AvgIpc) is 3.15. The van der Waals surface area contributed by atoms with E-state index in [4.69, 9.17) is 9.47 Å². The second kappa shape index (κ2) is 6.49. The van der Waals surface area contributed by atoms with Crippen LogP contribution in [-0.2, 0) is 4.74 Å². The maximum atomic E-state index is 5.89. The molecule has 0 aromatic carbocycles. The molecule has 1 aliphatic heterocycles. The maximum absolute atomic E-state index is 5.89. The van der Waals surface area contributed by atoms with Crippen molar-refractivity contribution < 1.29 is 9.47 Å². The number of nitrogens with one attached hydrogen (secondary N) is 1. The lowest BCUT2D eigenvalue weighted by molar-refractivity contribution is 0.108. The van der Waals surface area contributed by atoms with E-state index in [0.717, 1.165) is 30.4 Å². The first-order chi connectivity index (χ1) is 11.1. The number of hydrogen-bond acceptors (Lipinski definition) is 7. The van der Waals surface area contributed by atoms with Crippen LogP contribution in [0.5, 0.6) is 5.88 Å². The zero-order valence-corrected chi connectivity index (χ0v) is 13.9. The van der Waals surface area contributed by atoms with Crippen molar-refractivity contribution in [3.63, 3.8) is 0 Å². The van der Waals surface area contributed by atoms with Crippen LogP contribution >= 0.6 is 0 Å². The molecule has 1 saturated heterocycles. The molecule has 0 spiro atoms. The molecule has 1 aliphatic rings. The number of aromatic nitrogens is 5. The van der Waals surface area contributed by atoms with Crippen molar-refractivity contribution in [1.29, 1.82) is 0 Å². The number of rotatable bonds is 5. The molecule has 8 heteroatoms. The molecule has 0 aliphatic carbocycles. The molecule has 23 heavy (non-hydrogen) atoms. The van der Waals surface area contributed by atoms with E-state index in [1.54, 1.807) is 7.11 Å². The van der Waals surface area contributed by atoms with Gasteiger partial charge >= 0.3 is 0 Å². The van der Waals surface area contributed by atoms with Crippen LogP contribution < -0.4 is 9.64 Å². The first-order valence-corrected chi connectivity index (χ1v) is 7.68. The molecular weight excluding hydrogens is 296 g/mol. The minimum Gasteiger partial charge on any atom is -0.481 e. The molecule has 3 heterocycles. The van der Waals surface area contributed by atoms with Crippen molar-refractivity contribution in [2.45, 2.75) is 32.3 Å². The van der Waals surface area contributed by atoms with Crippen molar-refractivity contribution in [3.05, 3.63) is 23.4 Å². The van der Waals surface area contributed by atoms with Crippen LogP contribution in [0.4, 0.5) is 5.95 Å². The third kappa shape index (κ3) is 3.42. The minimum absolute atomic E-state index is 0.0188. The van der Waals surface area contributed by atoms with E-state index in [0.29, 0.717) is 18.4 Å². The van der Waals surface area contributed by atoms with Crippen LogP contribution in [0.2, 0.25) is 0 Å². The molecule has 0 unspecified atom stereocenters. The second-order valence-electron chi connectivity index (χ2n) is 5.82. The molecule has 3 rings (SSSR count). The quantitative estimate of drug-likeness (QED) is 0.887. The standard InChI is InChI=1S/C15H22N6O2/c1-9-7-13(22-4)18-15(16-9)21(3)8-12-11(5-6-23-12)14-17-10(2)19-20-14/h7,11-12H,5-6,8H2,1-4H3,(H,17,19,20)/t11-,12-/m1/s1.